The molecule has 0 heterocycles. The molecule has 0 aromatic rings. The summed E-state index contributed by atoms with van der Waals surface area (Å²) in [6.45, 7) is 5.44. The van der Waals surface area contributed by atoms with E-state index < -0.39 is 0 Å². The number of hydrogen-bond donors (Lipinski definition) is 0. The van der Waals surface area contributed by atoms with Crippen molar-refractivity contribution in [3.05, 3.63) is 0 Å². The minimum Gasteiger partial charge on any atom is -0.300 e. The molecule has 1 rings (SSSR count). The summed E-state index contributed by atoms with van der Waals surface area (Å²) in [5, 5.41) is 0. The van der Waals surface area contributed by atoms with Crippen LogP contribution in [0.25, 0.3) is 0 Å². The van der Waals surface area contributed by atoms with Crippen LogP contribution >= 0.6 is 0 Å². The van der Waals surface area contributed by atoms with Crippen molar-refractivity contribution in [3.8, 4) is 0 Å². The molecule has 0 saturated heterocycles. The Bertz CT molecular complexity index is 218. The number of carbonyl (C=O) groups excluding carboxylic acids is 2. The Labute approximate surface area is 79.7 Å². The number of ketones is 2. The highest BCUT2D eigenvalue weighted by molar-refractivity contribution is 5.90. The standard InChI is InChI=1S/C11H18O2/c1-7(2)11(13)10-6-4-5-9(10)8(3)12/h7,9-10H,4-6H2,1-3H3. The van der Waals surface area contributed by atoms with Crippen molar-refractivity contribution >= 4 is 11.6 Å². The zero-order valence-corrected chi connectivity index (χ0v) is 8.67. The van der Waals surface area contributed by atoms with Crippen LogP contribution in [0.1, 0.15) is 40.0 Å². The molecule has 1 fully saturated rings. The molecule has 2 atom stereocenters. The Morgan fingerprint density at radius 1 is 1.15 bits per heavy atom. The van der Waals surface area contributed by atoms with Gasteiger partial charge in [0.25, 0.3) is 0 Å². The van der Waals surface area contributed by atoms with Crippen LogP contribution in [-0.2, 0) is 9.59 Å². The predicted molar refractivity (Wildman–Crippen MR) is 51.4 cm³/mol. The second kappa shape index (κ2) is 4.03. The summed E-state index contributed by atoms with van der Waals surface area (Å²) in [5.74, 6) is 0.589. The second-order valence-electron chi connectivity index (χ2n) is 4.31. The average molecular weight is 182 g/mol. The molecule has 0 aromatic heterocycles. The highest BCUT2D eigenvalue weighted by Gasteiger charge is 2.36. The van der Waals surface area contributed by atoms with Crippen molar-refractivity contribution < 1.29 is 9.59 Å². The van der Waals surface area contributed by atoms with Gasteiger partial charge in [-0.2, -0.15) is 0 Å². The molecular formula is C11H18O2. The van der Waals surface area contributed by atoms with E-state index in [1.807, 2.05) is 13.8 Å². The summed E-state index contributed by atoms with van der Waals surface area (Å²) in [4.78, 5) is 22.9. The first-order valence-electron chi connectivity index (χ1n) is 5.08. The first-order chi connectivity index (χ1) is 6.04. The summed E-state index contributed by atoms with van der Waals surface area (Å²) in [5.41, 5.74) is 0. The third-order valence-corrected chi connectivity index (χ3v) is 2.97. The molecule has 0 aliphatic heterocycles. The maximum absolute atomic E-state index is 11.7. The van der Waals surface area contributed by atoms with Gasteiger partial charge in [-0.3, -0.25) is 9.59 Å². The lowest BCUT2D eigenvalue weighted by Crippen LogP contribution is -2.27. The lowest BCUT2D eigenvalue weighted by Gasteiger charge is -2.17. The maximum atomic E-state index is 11.7. The lowest BCUT2D eigenvalue weighted by atomic mass is 9.85. The van der Waals surface area contributed by atoms with Crippen molar-refractivity contribution in [1.82, 2.24) is 0 Å². The first kappa shape index (κ1) is 10.4. The van der Waals surface area contributed by atoms with E-state index in [2.05, 4.69) is 0 Å². The van der Waals surface area contributed by atoms with Gasteiger partial charge in [0, 0.05) is 17.8 Å². The van der Waals surface area contributed by atoms with E-state index in [1.165, 1.54) is 0 Å². The molecule has 0 radical (unpaired) electrons. The fourth-order valence-electron chi connectivity index (χ4n) is 2.22. The third kappa shape index (κ3) is 2.17. The van der Waals surface area contributed by atoms with Crippen LogP contribution in [0.4, 0.5) is 0 Å². The highest BCUT2D eigenvalue weighted by atomic mass is 16.1. The largest absolute Gasteiger partial charge is 0.300 e. The molecule has 2 nitrogen and oxygen atoms in total. The van der Waals surface area contributed by atoms with Gasteiger partial charge in [0.15, 0.2) is 0 Å². The van der Waals surface area contributed by atoms with Gasteiger partial charge in [-0.15, -0.1) is 0 Å². The summed E-state index contributed by atoms with van der Waals surface area (Å²) < 4.78 is 0. The van der Waals surface area contributed by atoms with Crippen LogP contribution < -0.4 is 0 Å². The van der Waals surface area contributed by atoms with E-state index in [1.54, 1.807) is 6.92 Å². The summed E-state index contributed by atoms with van der Waals surface area (Å²) in [6.07, 6.45) is 2.87. The van der Waals surface area contributed by atoms with Gasteiger partial charge in [0.05, 0.1) is 0 Å². The zero-order chi connectivity index (χ0) is 10.0. The van der Waals surface area contributed by atoms with Crippen molar-refractivity contribution in [2.45, 2.75) is 40.0 Å². The van der Waals surface area contributed by atoms with E-state index in [0.29, 0.717) is 0 Å². The van der Waals surface area contributed by atoms with E-state index in [-0.39, 0.29) is 29.3 Å². The molecule has 0 N–H and O–H groups in total. The van der Waals surface area contributed by atoms with Crippen molar-refractivity contribution in [2.75, 3.05) is 0 Å². The minimum atomic E-state index is 0.0231. The zero-order valence-electron chi connectivity index (χ0n) is 8.67. The molecule has 2 unspecified atom stereocenters. The number of Topliss-reactive ketones (excluding diaryl/α,β-unsaturated/α-hetero) is 2. The fourth-order valence-corrected chi connectivity index (χ4v) is 2.22. The average Bonchev–Trinajstić information content (AvgIpc) is 2.50. The van der Waals surface area contributed by atoms with Crippen LogP contribution in [0.15, 0.2) is 0 Å². The Kier molecular flexibility index (Phi) is 3.23. The number of hydrogen-bond acceptors (Lipinski definition) is 2. The fraction of sp³-hybridized carbons (Fsp3) is 0.818. The normalized spacial score (nSPS) is 28.0. The van der Waals surface area contributed by atoms with E-state index in [4.69, 9.17) is 0 Å². The molecule has 74 valence electrons. The first-order valence-corrected chi connectivity index (χ1v) is 5.08. The van der Waals surface area contributed by atoms with Crippen LogP contribution in [0, 0.1) is 17.8 Å². The Morgan fingerprint density at radius 3 is 2.15 bits per heavy atom. The van der Waals surface area contributed by atoms with Crippen LogP contribution in [-0.4, -0.2) is 11.6 Å². The van der Waals surface area contributed by atoms with Crippen molar-refractivity contribution in [3.63, 3.8) is 0 Å². The quantitative estimate of drug-likeness (QED) is 0.670. The molecular weight excluding hydrogens is 164 g/mol. The minimum absolute atomic E-state index is 0.0231. The van der Waals surface area contributed by atoms with E-state index >= 15 is 0 Å². The number of carbonyl (C=O) groups is 2. The van der Waals surface area contributed by atoms with Gasteiger partial charge in [-0.05, 0) is 19.8 Å². The van der Waals surface area contributed by atoms with Gasteiger partial charge in [-0.1, -0.05) is 20.3 Å². The topological polar surface area (TPSA) is 34.1 Å². The predicted octanol–water partition coefficient (Wildman–Crippen LogP) is 2.22. The summed E-state index contributed by atoms with van der Waals surface area (Å²) in [7, 11) is 0. The molecule has 0 spiro atoms. The summed E-state index contributed by atoms with van der Waals surface area (Å²) in [6, 6.07) is 0. The lowest BCUT2D eigenvalue weighted by molar-refractivity contribution is -0.132. The van der Waals surface area contributed by atoms with E-state index in [0.717, 1.165) is 19.3 Å². The molecule has 1 saturated carbocycles. The van der Waals surface area contributed by atoms with Gasteiger partial charge in [0.1, 0.15) is 11.6 Å². The number of rotatable bonds is 3. The van der Waals surface area contributed by atoms with E-state index in [9.17, 15) is 9.59 Å². The van der Waals surface area contributed by atoms with Crippen LogP contribution in [0.5, 0.6) is 0 Å². The SMILES string of the molecule is CC(=O)C1CCCC1C(=O)C(C)C. The van der Waals surface area contributed by atoms with Crippen LogP contribution in [0.3, 0.4) is 0 Å². The smallest absolute Gasteiger partial charge is 0.139 e. The van der Waals surface area contributed by atoms with Crippen LogP contribution in [0.2, 0.25) is 0 Å². The Morgan fingerprint density at radius 2 is 1.69 bits per heavy atom. The third-order valence-electron chi connectivity index (χ3n) is 2.97. The maximum Gasteiger partial charge on any atom is 0.139 e. The van der Waals surface area contributed by atoms with Crippen molar-refractivity contribution in [1.29, 1.82) is 0 Å². The molecule has 13 heavy (non-hydrogen) atoms. The monoisotopic (exact) mass is 182 g/mol. The second-order valence-corrected chi connectivity index (χ2v) is 4.31. The molecule has 0 aromatic carbocycles. The van der Waals surface area contributed by atoms with Gasteiger partial charge in [0.2, 0.25) is 0 Å². The van der Waals surface area contributed by atoms with Gasteiger partial charge in [-0.25, -0.2) is 0 Å². The molecule has 0 bridgehead atoms. The van der Waals surface area contributed by atoms with Gasteiger partial charge >= 0.3 is 0 Å². The van der Waals surface area contributed by atoms with Gasteiger partial charge < -0.3 is 0 Å². The Balaban J connectivity index is 2.68. The Hall–Kier alpha value is -0.660. The summed E-state index contributed by atoms with van der Waals surface area (Å²) >= 11 is 0. The van der Waals surface area contributed by atoms with Crippen molar-refractivity contribution in [2.24, 2.45) is 17.8 Å². The molecule has 1 aliphatic carbocycles. The molecule has 1 aliphatic rings. The molecule has 2 heteroatoms. The molecule has 0 amide bonds. The highest BCUT2D eigenvalue weighted by Crippen LogP contribution is 2.34.